The van der Waals surface area contributed by atoms with Crippen molar-refractivity contribution < 1.29 is 18.7 Å². The van der Waals surface area contributed by atoms with Crippen LogP contribution in [-0.2, 0) is 6.54 Å². The number of hydrogen-bond donors (Lipinski definition) is 1. The number of carbonyl (C=O) groups excluding carboxylic acids is 1. The monoisotopic (exact) mass is 466 g/mol. The zero-order valence-electron chi connectivity index (χ0n) is 19.8. The third kappa shape index (κ3) is 6.40. The standard InChI is InChI=1S/C28H32F2N2O2/c1-4-8-27(34)21-10-6-11-22(15-21)32(18-20-9-7-14-31-17-20)19(3)12-13-23(26(33)5-2)24-16-25(24)28(29)30/h6-7,9-15,17,24-25,28,33H,3-5,8,16,18H2,1-2H3/b13-12-,26-23-. The van der Waals surface area contributed by atoms with Gasteiger partial charge in [0.05, 0.1) is 5.76 Å². The number of aliphatic hydroxyl groups is 1. The molecule has 1 fully saturated rings. The van der Waals surface area contributed by atoms with Crippen molar-refractivity contribution >= 4 is 11.5 Å². The molecule has 1 aliphatic rings. The summed E-state index contributed by atoms with van der Waals surface area (Å²) in [6.45, 7) is 8.44. The highest BCUT2D eigenvalue weighted by Crippen LogP contribution is 2.49. The van der Waals surface area contributed by atoms with E-state index >= 15 is 0 Å². The largest absolute Gasteiger partial charge is 0.512 e. The van der Waals surface area contributed by atoms with Crippen LogP contribution >= 0.6 is 0 Å². The first-order valence-corrected chi connectivity index (χ1v) is 11.7. The summed E-state index contributed by atoms with van der Waals surface area (Å²) < 4.78 is 26.3. The first-order valence-electron chi connectivity index (χ1n) is 11.7. The first kappa shape index (κ1) is 25.3. The summed E-state index contributed by atoms with van der Waals surface area (Å²) in [6.07, 6.45) is 6.52. The van der Waals surface area contributed by atoms with E-state index in [4.69, 9.17) is 0 Å². The lowest BCUT2D eigenvalue weighted by atomic mass is 10.0. The summed E-state index contributed by atoms with van der Waals surface area (Å²) in [7, 11) is 0. The topological polar surface area (TPSA) is 53.4 Å². The molecule has 2 unspecified atom stereocenters. The van der Waals surface area contributed by atoms with E-state index in [0.29, 0.717) is 42.6 Å². The number of hydrogen-bond acceptors (Lipinski definition) is 4. The van der Waals surface area contributed by atoms with Crippen molar-refractivity contribution in [3.63, 3.8) is 0 Å². The van der Waals surface area contributed by atoms with Gasteiger partial charge in [0, 0.05) is 54.6 Å². The minimum absolute atomic E-state index is 0.0803. The number of ketones is 1. The molecule has 3 rings (SSSR count). The summed E-state index contributed by atoms with van der Waals surface area (Å²) in [6, 6.07) is 11.2. The van der Waals surface area contributed by atoms with Crippen LogP contribution in [0.3, 0.4) is 0 Å². The molecule has 1 saturated carbocycles. The Hall–Kier alpha value is -3.28. The number of anilines is 1. The van der Waals surface area contributed by atoms with Crippen molar-refractivity contribution in [3.05, 3.63) is 95.7 Å². The average molecular weight is 467 g/mol. The van der Waals surface area contributed by atoms with Gasteiger partial charge in [-0.1, -0.05) is 44.7 Å². The molecule has 0 saturated heterocycles. The first-order chi connectivity index (χ1) is 16.3. The molecule has 2 atom stereocenters. The Kier molecular flexibility index (Phi) is 8.74. The van der Waals surface area contributed by atoms with E-state index in [1.165, 1.54) is 0 Å². The maximum absolute atomic E-state index is 13.2. The molecule has 2 aromatic rings. The van der Waals surface area contributed by atoms with Gasteiger partial charge < -0.3 is 10.0 Å². The average Bonchev–Trinajstić information content (AvgIpc) is 3.64. The molecule has 1 aliphatic carbocycles. The summed E-state index contributed by atoms with van der Waals surface area (Å²) in [5.74, 6) is -0.847. The molecule has 1 aromatic carbocycles. The molecule has 0 radical (unpaired) electrons. The van der Waals surface area contributed by atoms with Crippen molar-refractivity contribution in [3.8, 4) is 0 Å². The fourth-order valence-electron chi connectivity index (χ4n) is 4.02. The van der Waals surface area contributed by atoms with Gasteiger partial charge in [-0.15, -0.1) is 0 Å². The smallest absolute Gasteiger partial charge is 0.242 e. The number of benzene rings is 1. The summed E-state index contributed by atoms with van der Waals surface area (Å²) in [4.78, 5) is 18.6. The number of rotatable bonds is 12. The zero-order chi connectivity index (χ0) is 24.7. The van der Waals surface area contributed by atoms with Crippen molar-refractivity contribution in [2.75, 3.05) is 4.90 Å². The van der Waals surface area contributed by atoms with Crippen LogP contribution in [0.15, 0.2) is 84.6 Å². The predicted octanol–water partition coefficient (Wildman–Crippen LogP) is 7.26. The Morgan fingerprint density at radius 1 is 1.26 bits per heavy atom. The molecule has 6 heteroatoms. The van der Waals surface area contributed by atoms with Gasteiger partial charge in [0.2, 0.25) is 6.43 Å². The Morgan fingerprint density at radius 3 is 2.68 bits per heavy atom. The van der Waals surface area contributed by atoms with Gasteiger partial charge in [0.15, 0.2) is 5.78 Å². The van der Waals surface area contributed by atoms with Crippen molar-refractivity contribution in [2.24, 2.45) is 11.8 Å². The van der Waals surface area contributed by atoms with Gasteiger partial charge in [0.1, 0.15) is 0 Å². The SMILES string of the molecule is C=C(/C=C\C(=C(\O)CC)C1CC1C(F)F)N(Cc1cccnc1)c1cccc(C(=O)CCC)c1. The molecule has 180 valence electrons. The molecule has 1 aromatic heterocycles. The van der Waals surface area contributed by atoms with Crippen LogP contribution in [0.2, 0.25) is 0 Å². The summed E-state index contributed by atoms with van der Waals surface area (Å²) in [5.41, 5.74) is 3.54. The number of aromatic nitrogens is 1. The lowest BCUT2D eigenvalue weighted by Crippen LogP contribution is -2.21. The molecule has 1 N–H and O–H groups in total. The van der Waals surface area contributed by atoms with Crippen LogP contribution in [0.5, 0.6) is 0 Å². The second-order valence-corrected chi connectivity index (χ2v) is 8.59. The normalized spacial score (nSPS) is 18.1. The Labute approximate surface area is 200 Å². The second-order valence-electron chi connectivity index (χ2n) is 8.59. The fraction of sp³-hybridized carbons (Fsp3) is 0.357. The molecule has 34 heavy (non-hydrogen) atoms. The van der Waals surface area contributed by atoms with Crippen molar-refractivity contribution in [2.45, 2.75) is 52.5 Å². The lowest BCUT2D eigenvalue weighted by Gasteiger charge is -2.26. The van der Waals surface area contributed by atoms with E-state index in [2.05, 4.69) is 11.6 Å². The summed E-state index contributed by atoms with van der Waals surface area (Å²) >= 11 is 0. The van der Waals surface area contributed by atoms with Crippen molar-refractivity contribution in [1.82, 2.24) is 4.98 Å². The summed E-state index contributed by atoms with van der Waals surface area (Å²) in [5, 5.41) is 10.4. The quantitative estimate of drug-likeness (QED) is 0.203. The van der Waals surface area contributed by atoms with Crippen molar-refractivity contribution in [1.29, 1.82) is 0 Å². The highest BCUT2D eigenvalue weighted by atomic mass is 19.3. The highest BCUT2D eigenvalue weighted by Gasteiger charge is 2.46. The predicted molar refractivity (Wildman–Crippen MR) is 132 cm³/mol. The molecule has 0 amide bonds. The Bertz CT molecular complexity index is 1060. The fourth-order valence-corrected chi connectivity index (χ4v) is 4.02. The van der Waals surface area contributed by atoms with Gasteiger partial charge in [-0.3, -0.25) is 9.78 Å². The van der Waals surface area contributed by atoms with Gasteiger partial charge in [-0.25, -0.2) is 8.78 Å². The van der Waals surface area contributed by atoms with Gasteiger partial charge in [-0.05, 0) is 54.2 Å². The number of alkyl halides is 2. The minimum atomic E-state index is -2.40. The van der Waals surface area contributed by atoms with Crippen LogP contribution in [0, 0.1) is 11.8 Å². The van der Waals surface area contributed by atoms with E-state index in [1.54, 1.807) is 37.5 Å². The number of Topliss-reactive ketones (excluding diaryl/α,β-unsaturated/α-hetero) is 1. The molecule has 0 aliphatic heterocycles. The van der Waals surface area contributed by atoms with Gasteiger partial charge in [0.25, 0.3) is 0 Å². The number of carbonyl (C=O) groups is 1. The van der Waals surface area contributed by atoms with E-state index in [0.717, 1.165) is 17.7 Å². The van der Waals surface area contributed by atoms with E-state index in [-0.39, 0.29) is 17.5 Å². The van der Waals surface area contributed by atoms with Crippen LogP contribution < -0.4 is 4.90 Å². The number of aliphatic hydroxyl groups excluding tert-OH is 1. The van der Waals surface area contributed by atoms with E-state index < -0.39 is 12.3 Å². The highest BCUT2D eigenvalue weighted by molar-refractivity contribution is 5.97. The van der Waals surface area contributed by atoms with Gasteiger partial charge >= 0.3 is 0 Å². The minimum Gasteiger partial charge on any atom is -0.512 e. The second kappa shape index (κ2) is 11.7. The Balaban J connectivity index is 1.91. The zero-order valence-corrected chi connectivity index (χ0v) is 19.8. The maximum atomic E-state index is 13.2. The van der Waals surface area contributed by atoms with E-state index in [1.807, 2.05) is 42.2 Å². The van der Waals surface area contributed by atoms with Crippen LogP contribution in [0.25, 0.3) is 0 Å². The molecular weight excluding hydrogens is 434 g/mol. The van der Waals surface area contributed by atoms with E-state index in [9.17, 15) is 18.7 Å². The Morgan fingerprint density at radius 2 is 2.06 bits per heavy atom. The third-order valence-electron chi connectivity index (χ3n) is 6.05. The molecule has 0 spiro atoms. The van der Waals surface area contributed by atoms with Gasteiger partial charge in [-0.2, -0.15) is 0 Å². The van der Waals surface area contributed by atoms with Crippen LogP contribution in [0.4, 0.5) is 14.5 Å². The maximum Gasteiger partial charge on any atom is 0.242 e. The molecule has 4 nitrogen and oxygen atoms in total. The van der Waals surface area contributed by atoms with Crippen LogP contribution in [-0.4, -0.2) is 22.3 Å². The lowest BCUT2D eigenvalue weighted by molar-refractivity contribution is 0.0981. The molecule has 1 heterocycles. The number of nitrogens with zero attached hydrogens (tertiary/aromatic N) is 2. The van der Waals surface area contributed by atoms with Crippen LogP contribution in [0.1, 0.15) is 55.5 Å². The number of allylic oxidation sites excluding steroid dienone is 4. The molecular formula is C28H32F2N2O2. The third-order valence-corrected chi connectivity index (χ3v) is 6.05. The number of halogens is 2. The molecule has 0 bridgehead atoms. The number of pyridine rings is 1.